The molecule has 0 fully saturated rings. The van der Waals surface area contributed by atoms with Crippen LogP contribution < -0.4 is 0 Å². The van der Waals surface area contributed by atoms with Crippen molar-refractivity contribution in [2.75, 3.05) is 6.61 Å². The van der Waals surface area contributed by atoms with Crippen molar-refractivity contribution in [1.82, 2.24) is 0 Å². The lowest BCUT2D eigenvalue weighted by Gasteiger charge is -2.02. The second-order valence-electron chi connectivity index (χ2n) is 2.87. The van der Waals surface area contributed by atoms with E-state index in [1.807, 2.05) is 0 Å². The van der Waals surface area contributed by atoms with Crippen molar-refractivity contribution < 1.29 is 9.53 Å². The fourth-order valence-corrected chi connectivity index (χ4v) is 0.800. The molecule has 0 aliphatic heterocycles. The highest BCUT2D eigenvalue weighted by molar-refractivity contribution is 5.78. The van der Waals surface area contributed by atoms with E-state index in [-0.39, 0.29) is 5.97 Å². The van der Waals surface area contributed by atoms with E-state index in [0.717, 1.165) is 32.1 Å². The van der Waals surface area contributed by atoms with E-state index in [1.54, 1.807) is 6.42 Å². The largest absolute Gasteiger partial charge is 0.465 e. The van der Waals surface area contributed by atoms with Crippen LogP contribution in [0.2, 0.25) is 0 Å². The molecule has 71 valence electrons. The highest BCUT2D eigenvalue weighted by atomic mass is 16.5. The summed E-state index contributed by atoms with van der Waals surface area (Å²) in [6.07, 6.45) is 6.72. The first-order valence-corrected chi connectivity index (χ1v) is 4.81. The monoisotopic (exact) mass is 171 g/mol. The summed E-state index contributed by atoms with van der Waals surface area (Å²) in [5.41, 5.74) is 0. The van der Waals surface area contributed by atoms with Crippen molar-refractivity contribution in [2.24, 2.45) is 0 Å². The van der Waals surface area contributed by atoms with Crippen LogP contribution in [0.1, 0.15) is 46.0 Å². The molecule has 0 spiro atoms. The Kier molecular flexibility index (Phi) is 8.19. The van der Waals surface area contributed by atoms with Gasteiger partial charge in [0.15, 0.2) is 0 Å². The lowest BCUT2D eigenvalue weighted by atomic mass is 10.2. The Morgan fingerprint density at radius 3 is 2.50 bits per heavy atom. The maximum absolute atomic E-state index is 10.9. The summed E-state index contributed by atoms with van der Waals surface area (Å²) in [5.74, 6) is -0.156. The molecule has 0 unspecified atom stereocenters. The van der Waals surface area contributed by atoms with Gasteiger partial charge >= 0.3 is 5.97 Å². The first kappa shape index (κ1) is 11.5. The van der Waals surface area contributed by atoms with E-state index < -0.39 is 0 Å². The average molecular weight is 171 g/mol. The minimum atomic E-state index is -0.156. The number of hydrogen-bond donors (Lipinski definition) is 0. The smallest absolute Gasteiger partial charge is 0.309 e. The SMILES string of the molecule is CCCC[CH]C(=O)OCCCC. The molecule has 0 rings (SSSR count). The minimum absolute atomic E-state index is 0.156. The van der Waals surface area contributed by atoms with E-state index in [9.17, 15) is 4.79 Å². The Morgan fingerprint density at radius 1 is 1.25 bits per heavy atom. The molecule has 0 saturated heterocycles. The van der Waals surface area contributed by atoms with E-state index in [4.69, 9.17) is 4.74 Å². The fraction of sp³-hybridized carbons (Fsp3) is 0.800. The lowest BCUT2D eigenvalue weighted by molar-refractivity contribution is -0.139. The molecular formula is C10H19O2. The van der Waals surface area contributed by atoms with Gasteiger partial charge in [-0.15, -0.1) is 0 Å². The maximum Gasteiger partial charge on any atom is 0.309 e. The first-order valence-electron chi connectivity index (χ1n) is 4.81. The summed E-state index contributed by atoms with van der Waals surface area (Å²) in [6.45, 7) is 4.75. The van der Waals surface area contributed by atoms with Gasteiger partial charge in [-0.05, 0) is 12.8 Å². The fourth-order valence-electron chi connectivity index (χ4n) is 0.800. The predicted molar refractivity (Wildman–Crippen MR) is 49.7 cm³/mol. The molecule has 0 aromatic carbocycles. The molecule has 2 heteroatoms. The molecule has 0 amide bonds. The molecule has 0 bridgehead atoms. The third-order valence-electron chi connectivity index (χ3n) is 1.61. The summed E-state index contributed by atoms with van der Waals surface area (Å²) in [5, 5.41) is 0. The lowest BCUT2D eigenvalue weighted by Crippen LogP contribution is -2.05. The second-order valence-corrected chi connectivity index (χ2v) is 2.87. The van der Waals surface area contributed by atoms with Crippen molar-refractivity contribution in [3.8, 4) is 0 Å². The minimum Gasteiger partial charge on any atom is -0.465 e. The normalized spacial score (nSPS) is 9.83. The summed E-state index contributed by atoms with van der Waals surface area (Å²) in [6, 6.07) is 0. The van der Waals surface area contributed by atoms with Crippen molar-refractivity contribution in [1.29, 1.82) is 0 Å². The average Bonchev–Trinajstić information content (AvgIpc) is 2.06. The molecule has 0 aromatic heterocycles. The van der Waals surface area contributed by atoms with E-state index in [1.165, 1.54) is 0 Å². The molecular weight excluding hydrogens is 152 g/mol. The predicted octanol–water partition coefficient (Wildman–Crippen LogP) is 2.72. The van der Waals surface area contributed by atoms with Gasteiger partial charge < -0.3 is 4.74 Å². The van der Waals surface area contributed by atoms with Gasteiger partial charge in [-0.25, -0.2) is 0 Å². The van der Waals surface area contributed by atoms with Crippen LogP contribution in [0.25, 0.3) is 0 Å². The van der Waals surface area contributed by atoms with Crippen molar-refractivity contribution in [3.05, 3.63) is 6.42 Å². The molecule has 2 nitrogen and oxygen atoms in total. The number of carbonyl (C=O) groups excluding carboxylic acids is 1. The van der Waals surface area contributed by atoms with Crippen LogP contribution in [0.5, 0.6) is 0 Å². The van der Waals surface area contributed by atoms with Gasteiger partial charge in [0.25, 0.3) is 0 Å². The third kappa shape index (κ3) is 7.58. The molecule has 0 heterocycles. The summed E-state index contributed by atoms with van der Waals surface area (Å²) < 4.78 is 4.93. The molecule has 0 aromatic rings. The quantitative estimate of drug-likeness (QED) is 0.435. The van der Waals surface area contributed by atoms with Crippen LogP contribution >= 0.6 is 0 Å². The topological polar surface area (TPSA) is 26.3 Å². The van der Waals surface area contributed by atoms with Crippen molar-refractivity contribution in [2.45, 2.75) is 46.0 Å². The van der Waals surface area contributed by atoms with Gasteiger partial charge in [0.05, 0.1) is 13.0 Å². The highest BCUT2D eigenvalue weighted by Gasteiger charge is 2.00. The number of esters is 1. The maximum atomic E-state index is 10.9. The number of rotatable bonds is 7. The Labute approximate surface area is 75.3 Å². The summed E-state index contributed by atoms with van der Waals surface area (Å²) in [7, 11) is 0. The van der Waals surface area contributed by atoms with Crippen molar-refractivity contribution >= 4 is 5.97 Å². The zero-order valence-corrected chi connectivity index (χ0v) is 8.14. The van der Waals surface area contributed by atoms with Gasteiger partial charge in [0.2, 0.25) is 0 Å². The van der Waals surface area contributed by atoms with Gasteiger partial charge in [-0.2, -0.15) is 0 Å². The van der Waals surface area contributed by atoms with Crippen LogP contribution in [0.15, 0.2) is 0 Å². The van der Waals surface area contributed by atoms with Gasteiger partial charge in [-0.1, -0.05) is 33.1 Å². The number of hydrogen-bond acceptors (Lipinski definition) is 2. The molecule has 0 N–H and O–H groups in total. The van der Waals surface area contributed by atoms with Crippen LogP contribution in [-0.2, 0) is 9.53 Å². The van der Waals surface area contributed by atoms with Crippen LogP contribution in [0.3, 0.4) is 0 Å². The molecule has 0 aliphatic rings. The Morgan fingerprint density at radius 2 is 1.92 bits per heavy atom. The Hall–Kier alpha value is -0.530. The van der Waals surface area contributed by atoms with Crippen molar-refractivity contribution in [3.63, 3.8) is 0 Å². The summed E-state index contributed by atoms with van der Waals surface area (Å²) in [4.78, 5) is 10.9. The highest BCUT2D eigenvalue weighted by Crippen LogP contribution is 1.99. The molecule has 0 atom stereocenters. The third-order valence-corrected chi connectivity index (χ3v) is 1.61. The van der Waals surface area contributed by atoms with Gasteiger partial charge in [0, 0.05) is 0 Å². The number of unbranched alkanes of at least 4 members (excludes halogenated alkanes) is 3. The van der Waals surface area contributed by atoms with Crippen LogP contribution in [-0.4, -0.2) is 12.6 Å². The molecule has 1 radical (unpaired) electrons. The van der Waals surface area contributed by atoms with Gasteiger partial charge in [-0.3, -0.25) is 4.79 Å². The number of ether oxygens (including phenoxy) is 1. The summed E-state index contributed by atoms with van der Waals surface area (Å²) >= 11 is 0. The number of carbonyl (C=O) groups is 1. The second kappa shape index (κ2) is 8.57. The van der Waals surface area contributed by atoms with E-state index in [2.05, 4.69) is 13.8 Å². The molecule has 12 heavy (non-hydrogen) atoms. The Balaban J connectivity index is 3.10. The van der Waals surface area contributed by atoms with Gasteiger partial charge in [0.1, 0.15) is 0 Å². The standard InChI is InChI=1S/C10H19O2/c1-3-5-7-8-10(11)12-9-6-4-2/h8H,3-7,9H2,1-2H3. The zero-order valence-electron chi connectivity index (χ0n) is 8.14. The first-order chi connectivity index (χ1) is 5.81. The Bertz CT molecular complexity index is 98.4. The molecule has 0 aliphatic carbocycles. The molecule has 0 saturated carbocycles. The van der Waals surface area contributed by atoms with E-state index in [0.29, 0.717) is 6.61 Å². The van der Waals surface area contributed by atoms with Crippen LogP contribution in [0.4, 0.5) is 0 Å². The van der Waals surface area contributed by atoms with E-state index >= 15 is 0 Å². The van der Waals surface area contributed by atoms with Crippen LogP contribution in [0, 0.1) is 6.42 Å². The zero-order chi connectivity index (χ0) is 9.23.